The highest BCUT2D eigenvalue weighted by Crippen LogP contribution is 2.25. The smallest absolute Gasteiger partial charge is 0.258 e. The molecule has 0 spiro atoms. The zero-order valence-electron chi connectivity index (χ0n) is 13.6. The lowest BCUT2D eigenvalue weighted by molar-refractivity contribution is -0.126. The van der Waals surface area contributed by atoms with Crippen LogP contribution >= 0.6 is 15.9 Å². The molecule has 126 valence electrons. The quantitative estimate of drug-likeness (QED) is 0.817. The fourth-order valence-electron chi connectivity index (χ4n) is 3.02. The molecule has 5 heteroatoms. The van der Waals surface area contributed by atoms with Gasteiger partial charge in [0.1, 0.15) is 0 Å². The molecule has 1 unspecified atom stereocenters. The van der Waals surface area contributed by atoms with E-state index in [1.54, 1.807) is 7.11 Å². The van der Waals surface area contributed by atoms with Gasteiger partial charge in [0, 0.05) is 23.8 Å². The van der Waals surface area contributed by atoms with Crippen molar-refractivity contribution in [3.8, 4) is 0 Å². The molecular formula is C19H21BrN2O2. The molecule has 2 aromatic carbocycles. The van der Waals surface area contributed by atoms with Gasteiger partial charge in [-0.05, 0) is 54.3 Å². The summed E-state index contributed by atoms with van der Waals surface area (Å²) >= 11 is 3.40. The molecule has 1 saturated heterocycles. The van der Waals surface area contributed by atoms with Crippen LogP contribution in [0.1, 0.15) is 29.6 Å². The van der Waals surface area contributed by atoms with E-state index in [-0.39, 0.29) is 5.91 Å². The fraction of sp³-hybridized carbons (Fsp3) is 0.316. The van der Waals surface area contributed by atoms with Gasteiger partial charge in [-0.3, -0.25) is 4.79 Å². The van der Waals surface area contributed by atoms with Crippen LogP contribution in [-0.4, -0.2) is 26.1 Å². The van der Waals surface area contributed by atoms with Gasteiger partial charge in [0.15, 0.2) is 6.10 Å². The zero-order valence-corrected chi connectivity index (χ0v) is 15.2. The molecule has 0 saturated carbocycles. The Balaban J connectivity index is 1.67. The Labute approximate surface area is 150 Å². The van der Waals surface area contributed by atoms with Crippen molar-refractivity contribution in [3.63, 3.8) is 0 Å². The van der Waals surface area contributed by atoms with Gasteiger partial charge in [0.25, 0.3) is 5.91 Å². The van der Waals surface area contributed by atoms with E-state index >= 15 is 0 Å². The summed E-state index contributed by atoms with van der Waals surface area (Å²) in [6.45, 7) is 2.10. The van der Waals surface area contributed by atoms with Gasteiger partial charge in [-0.1, -0.05) is 40.2 Å². The van der Waals surface area contributed by atoms with Crippen molar-refractivity contribution >= 4 is 27.5 Å². The van der Waals surface area contributed by atoms with Gasteiger partial charge >= 0.3 is 0 Å². The number of carbonyl (C=O) groups is 1. The van der Waals surface area contributed by atoms with Crippen molar-refractivity contribution < 1.29 is 9.53 Å². The van der Waals surface area contributed by atoms with Crippen LogP contribution in [0.3, 0.4) is 0 Å². The van der Waals surface area contributed by atoms with Gasteiger partial charge in [-0.15, -0.1) is 0 Å². The van der Waals surface area contributed by atoms with Crippen LogP contribution in [0.15, 0.2) is 53.0 Å². The highest BCUT2D eigenvalue weighted by Gasteiger charge is 2.21. The molecule has 1 amide bonds. The van der Waals surface area contributed by atoms with Gasteiger partial charge < -0.3 is 15.4 Å². The molecule has 24 heavy (non-hydrogen) atoms. The van der Waals surface area contributed by atoms with Crippen LogP contribution in [0.4, 0.5) is 5.69 Å². The molecule has 1 aliphatic heterocycles. The number of ether oxygens (including phenoxy) is 1. The van der Waals surface area contributed by atoms with E-state index in [0.29, 0.717) is 5.92 Å². The molecule has 4 nitrogen and oxygen atoms in total. The van der Waals surface area contributed by atoms with Crippen molar-refractivity contribution in [1.82, 2.24) is 5.32 Å². The first-order chi connectivity index (χ1) is 11.7. The molecule has 0 bridgehead atoms. The van der Waals surface area contributed by atoms with Crippen LogP contribution in [0.2, 0.25) is 0 Å². The van der Waals surface area contributed by atoms with Crippen molar-refractivity contribution in [1.29, 1.82) is 0 Å². The summed E-state index contributed by atoms with van der Waals surface area (Å²) in [6.07, 6.45) is 0.540. The average molecular weight is 389 g/mol. The predicted octanol–water partition coefficient (Wildman–Crippen LogP) is 3.85. The second kappa shape index (κ2) is 7.92. The summed E-state index contributed by atoms with van der Waals surface area (Å²) in [5, 5.41) is 6.31. The number of anilines is 1. The molecule has 0 radical (unpaired) electrons. The minimum Gasteiger partial charge on any atom is -0.367 e. The zero-order chi connectivity index (χ0) is 16.9. The first-order valence-electron chi connectivity index (χ1n) is 8.07. The number of benzene rings is 2. The minimum atomic E-state index is -0.628. The number of hydrogen-bond donors (Lipinski definition) is 2. The van der Waals surface area contributed by atoms with E-state index in [4.69, 9.17) is 4.74 Å². The highest BCUT2D eigenvalue weighted by molar-refractivity contribution is 9.10. The lowest BCUT2D eigenvalue weighted by atomic mass is 9.98. The summed E-state index contributed by atoms with van der Waals surface area (Å²) in [7, 11) is 1.54. The van der Waals surface area contributed by atoms with Crippen molar-refractivity contribution in [2.75, 3.05) is 25.5 Å². The van der Waals surface area contributed by atoms with Crippen LogP contribution in [0, 0.1) is 0 Å². The van der Waals surface area contributed by atoms with E-state index < -0.39 is 6.10 Å². The first kappa shape index (κ1) is 17.1. The maximum Gasteiger partial charge on any atom is 0.258 e. The standard InChI is InChI=1S/C19H21BrN2O2/c1-24-18(14-2-6-16(20)7-3-14)19(23)22-17-8-4-13(5-9-17)15-10-11-21-12-15/h2-9,15,18,21H,10-12H2,1H3,(H,22,23)/t15?,18-/m0/s1. The lowest BCUT2D eigenvalue weighted by Crippen LogP contribution is -2.22. The molecular weight excluding hydrogens is 368 g/mol. The second-order valence-corrected chi connectivity index (χ2v) is 6.88. The number of carbonyl (C=O) groups excluding carboxylic acids is 1. The molecule has 1 heterocycles. The lowest BCUT2D eigenvalue weighted by Gasteiger charge is -2.16. The topological polar surface area (TPSA) is 50.4 Å². The van der Waals surface area contributed by atoms with Crippen LogP contribution < -0.4 is 10.6 Å². The molecule has 2 N–H and O–H groups in total. The molecule has 2 aromatic rings. The predicted molar refractivity (Wildman–Crippen MR) is 99.2 cm³/mol. The number of methoxy groups -OCH3 is 1. The summed E-state index contributed by atoms with van der Waals surface area (Å²) in [5.74, 6) is 0.402. The molecule has 3 rings (SSSR count). The van der Waals surface area contributed by atoms with Gasteiger partial charge in [-0.25, -0.2) is 0 Å². The molecule has 2 atom stereocenters. The van der Waals surface area contributed by atoms with E-state index in [1.165, 1.54) is 12.0 Å². The summed E-state index contributed by atoms with van der Waals surface area (Å²) < 4.78 is 6.35. The molecule has 0 aromatic heterocycles. The van der Waals surface area contributed by atoms with Crippen molar-refractivity contribution in [2.45, 2.75) is 18.4 Å². The Hall–Kier alpha value is -1.69. The number of hydrogen-bond acceptors (Lipinski definition) is 3. The van der Waals surface area contributed by atoms with E-state index in [9.17, 15) is 4.79 Å². The average Bonchev–Trinajstić information content (AvgIpc) is 3.12. The van der Waals surface area contributed by atoms with Crippen LogP contribution in [-0.2, 0) is 9.53 Å². The highest BCUT2D eigenvalue weighted by atomic mass is 79.9. The van der Waals surface area contributed by atoms with E-state index in [2.05, 4.69) is 38.7 Å². The number of amides is 1. The summed E-state index contributed by atoms with van der Waals surface area (Å²) in [5.41, 5.74) is 2.93. The largest absolute Gasteiger partial charge is 0.367 e. The Bertz CT molecular complexity index is 680. The summed E-state index contributed by atoms with van der Waals surface area (Å²) in [6, 6.07) is 15.7. The molecule has 1 aliphatic rings. The minimum absolute atomic E-state index is 0.171. The number of halogens is 1. The maximum absolute atomic E-state index is 12.5. The third-order valence-corrected chi connectivity index (χ3v) is 4.89. The normalized spacial score (nSPS) is 18.3. The Kier molecular flexibility index (Phi) is 5.66. The van der Waals surface area contributed by atoms with Crippen molar-refractivity contribution in [2.24, 2.45) is 0 Å². The fourth-order valence-corrected chi connectivity index (χ4v) is 3.28. The maximum atomic E-state index is 12.5. The Morgan fingerprint density at radius 1 is 1.21 bits per heavy atom. The SMILES string of the molecule is CO[C@H](C(=O)Nc1ccc(C2CCNC2)cc1)c1ccc(Br)cc1. The third kappa shape index (κ3) is 4.04. The van der Waals surface area contributed by atoms with Crippen LogP contribution in [0.25, 0.3) is 0 Å². The molecule has 1 fully saturated rings. The molecule has 0 aliphatic carbocycles. The summed E-state index contributed by atoms with van der Waals surface area (Å²) in [4.78, 5) is 12.5. The van der Waals surface area contributed by atoms with Gasteiger partial charge in [0.2, 0.25) is 0 Å². The van der Waals surface area contributed by atoms with E-state index in [1.807, 2.05) is 36.4 Å². The van der Waals surface area contributed by atoms with Gasteiger partial charge in [-0.2, -0.15) is 0 Å². The monoisotopic (exact) mass is 388 g/mol. The third-order valence-electron chi connectivity index (χ3n) is 4.36. The van der Waals surface area contributed by atoms with Crippen molar-refractivity contribution in [3.05, 3.63) is 64.1 Å². The number of rotatable bonds is 5. The van der Waals surface area contributed by atoms with Crippen LogP contribution in [0.5, 0.6) is 0 Å². The van der Waals surface area contributed by atoms with E-state index in [0.717, 1.165) is 28.8 Å². The van der Waals surface area contributed by atoms with Gasteiger partial charge in [0.05, 0.1) is 0 Å². The number of nitrogens with one attached hydrogen (secondary N) is 2. The first-order valence-corrected chi connectivity index (χ1v) is 8.86. The Morgan fingerprint density at radius 3 is 2.50 bits per heavy atom. The Morgan fingerprint density at radius 2 is 1.92 bits per heavy atom. The second-order valence-electron chi connectivity index (χ2n) is 5.97.